The van der Waals surface area contributed by atoms with Crippen LogP contribution < -0.4 is 5.32 Å². The zero-order valence-corrected chi connectivity index (χ0v) is 13.9. The number of aliphatic carboxylic acids is 1. The summed E-state index contributed by atoms with van der Waals surface area (Å²) in [6, 6.07) is 6.96. The first-order valence-corrected chi connectivity index (χ1v) is 8.23. The molecule has 1 fully saturated rings. The highest BCUT2D eigenvalue weighted by Gasteiger charge is 2.34. The smallest absolute Gasteiger partial charge is 0.317 e. The largest absolute Gasteiger partial charge is 0.480 e. The number of hydrogen-bond donors (Lipinski definition) is 2. The summed E-state index contributed by atoms with van der Waals surface area (Å²) in [5.41, 5.74) is 0.0561. The molecule has 2 aromatic rings. The number of aromatic nitrogens is 1. The summed E-state index contributed by atoms with van der Waals surface area (Å²) in [5.74, 6) is -0.104. The lowest BCUT2D eigenvalue weighted by molar-refractivity contribution is -0.384. The molecule has 0 unspecified atom stereocenters. The number of pyridine rings is 1. The van der Waals surface area contributed by atoms with Crippen LogP contribution >= 0.6 is 0 Å². The molecular formula is C17H20N4O4. The van der Waals surface area contributed by atoms with Gasteiger partial charge in [-0.05, 0) is 36.9 Å². The Labute approximate surface area is 144 Å². The van der Waals surface area contributed by atoms with Gasteiger partial charge in [-0.2, -0.15) is 0 Å². The van der Waals surface area contributed by atoms with Crippen molar-refractivity contribution >= 4 is 28.2 Å². The number of non-ortho nitro benzene ring substituents is 1. The summed E-state index contributed by atoms with van der Waals surface area (Å²) in [4.78, 5) is 27.7. The van der Waals surface area contributed by atoms with Gasteiger partial charge in [0.1, 0.15) is 5.82 Å². The van der Waals surface area contributed by atoms with Crippen LogP contribution in [0.15, 0.2) is 30.5 Å². The minimum Gasteiger partial charge on any atom is -0.480 e. The number of nitrogens with zero attached hydrogens (tertiary/aromatic N) is 3. The first kappa shape index (κ1) is 17.1. The average Bonchev–Trinajstić information content (AvgIpc) is 2.55. The van der Waals surface area contributed by atoms with Crippen LogP contribution in [0.5, 0.6) is 0 Å². The Hall–Kier alpha value is -2.74. The Bertz CT molecular complexity index is 804. The summed E-state index contributed by atoms with van der Waals surface area (Å²) >= 11 is 0. The van der Waals surface area contributed by atoms with Crippen molar-refractivity contribution in [3.05, 3.63) is 40.6 Å². The van der Waals surface area contributed by atoms with E-state index in [1.54, 1.807) is 18.3 Å². The third kappa shape index (κ3) is 3.69. The Kier molecular flexibility index (Phi) is 4.80. The lowest BCUT2D eigenvalue weighted by atomic mass is 9.85. The maximum absolute atomic E-state index is 10.9. The van der Waals surface area contributed by atoms with Crippen molar-refractivity contribution in [1.29, 1.82) is 0 Å². The topological polar surface area (TPSA) is 109 Å². The van der Waals surface area contributed by atoms with Gasteiger partial charge in [0.15, 0.2) is 0 Å². The molecule has 0 saturated heterocycles. The predicted octanol–water partition coefficient (Wildman–Crippen LogP) is 2.49. The number of carboxylic acid groups (broad SMARTS) is 1. The number of nitrogens with one attached hydrogen (secondary N) is 1. The maximum Gasteiger partial charge on any atom is 0.317 e. The monoisotopic (exact) mass is 344 g/mol. The lowest BCUT2D eigenvalue weighted by Crippen LogP contribution is -2.51. The fraction of sp³-hybridized carbons (Fsp3) is 0.412. The van der Waals surface area contributed by atoms with Gasteiger partial charge in [-0.15, -0.1) is 0 Å². The number of fused-ring (bicyclic) bond motifs is 1. The summed E-state index contributed by atoms with van der Waals surface area (Å²) in [5, 5.41) is 24.8. The molecule has 2 N–H and O–H groups in total. The number of hydrogen-bond acceptors (Lipinski definition) is 6. The van der Waals surface area contributed by atoms with E-state index in [2.05, 4.69) is 10.3 Å². The van der Waals surface area contributed by atoms with Gasteiger partial charge in [0.2, 0.25) is 0 Å². The number of nitro benzene ring substituents is 1. The number of benzene rings is 1. The molecule has 8 heteroatoms. The second-order valence-corrected chi connectivity index (χ2v) is 6.25. The minimum absolute atomic E-state index is 0.0561. The number of carboxylic acids is 1. The van der Waals surface area contributed by atoms with Gasteiger partial charge in [-0.1, -0.05) is 6.92 Å². The van der Waals surface area contributed by atoms with Crippen molar-refractivity contribution in [2.24, 2.45) is 0 Å². The minimum atomic E-state index is -0.810. The standard InChI is InChI=1S/C17H20N4O4/c1-2-20(10-16(22)23)14-8-12(9-14)19-17-15-4-3-13(21(24)25)7-11(15)5-6-18-17/h3-7,12,14H,2,8-10H2,1H3,(H,18,19)(H,22,23). The van der Waals surface area contributed by atoms with E-state index in [-0.39, 0.29) is 24.3 Å². The number of nitro groups is 1. The van der Waals surface area contributed by atoms with E-state index < -0.39 is 10.9 Å². The molecule has 3 rings (SSSR count). The van der Waals surface area contributed by atoms with Crippen molar-refractivity contribution in [3.63, 3.8) is 0 Å². The van der Waals surface area contributed by atoms with Crippen molar-refractivity contribution in [2.45, 2.75) is 31.8 Å². The fourth-order valence-electron chi connectivity index (χ4n) is 3.26. The molecule has 0 radical (unpaired) electrons. The molecule has 25 heavy (non-hydrogen) atoms. The molecule has 0 aliphatic heterocycles. The molecule has 0 amide bonds. The van der Waals surface area contributed by atoms with Crippen LogP contribution in [0, 0.1) is 10.1 Å². The average molecular weight is 344 g/mol. The van der Waals surface area contributed by atoms with E-state index in [1.807, 2.05) is 11.8 Å². The van der Waals surface area contributed by atoms with Crippen LogP contribution in [0.1, 0.15) is 19.8 Å². The Morgan fingerprint density at radius 3 is 2.84 bits per heavy atom. The van der Waals surface area contributed by atoms with Crippen molar-refractivity contribution < 1.29 is 14.8 Å². The third-order valence-electron chi connectivity index (χ3n) is 4.67. The molecule has 1 aliphatic carbocycles. The number of likely N-dealkylation sites (N-methyl/N-ethyl adjacent to an activating group) is 1. The number of rotatable bonds is 7. The van der Waals surface area contributed by atoms with Crippen LogP contribution in [0.4, 0.5) is 11.5 Å². The summed E-state index contributed by atoms with van der Waals surface area (Å²) < 4.78 is 0. The maximum atomic E-state index is 10.9. The molecule has 0 spiro atoms. The van der Waals surface area contributed by atoms with E-state index in [1.165, 1.54) is 12.1 Å². The van der Waals surface area contributed by atoms with Crippen LogP contribution in [0.25, 0.3) is 10.8 Å². The summed E-state index contributed by atoms with van der Waals surface area (Å²) in [6.45, 7) is 2.73. The molecule has 8 nitrogen and oxygen atoms in total. The summed E-state index contributed by atoms with van der Waals surface area (Å²) in [6.07, 6.45) is 3.34. The van der Waals surface area contributed by atoms with Gasteiger partial charge >= 0.3 is 5.97 Å². The molecule has 1 heterocycles. The van der Waals surface area contributed by atoms with E-state index in [0.29, 0.717) is 12.4 Å². The van der Waals surface area contributed by atoms with E-state index in [4.69, 9.17) is 5.11 Å². The van der Waals surface area contributed by atoms with E-state index in [0.717, 1.165) is 23.6 Å². The highest BCUT2D eigenvalue weighted by molar-refractivity contribution is 5.93. The number of carbonyl (C=O) groups is 1. The SMILES string of the molecule is CCN(CC(=O)O)C1CC(Nc2nccc3cc([N+](=O)[O-])ccc23)C1. The highest BCUT2D eigenvalue weighted by Crippen LogP contribution is 2.31. The highest BCUT2D eigenvalue weighted by atomic mass is 16.6. The zero-order chi connectivity index (χ0) is 18.0. The normalized spacial score (nSPS) is 19.6. The predicted molar refractivity (Wildman–Crippen MR) is 93.7 cm³/mol. The zero-order valence-electron chi connectivity index (χ0n) is 13.9. The Balaban J connectivity index is 1.68. The van der Waals surface area contributed by atoms with Crippen LogP contribution in [-0.2, 0) is 4.79 Å². The molecule has 1 aromatic carbocycles. The quantitative estimate of drug-likeness (QED) is 0.586. The van der Waals surface area contributed by atoms with Crippen LogP contribution in [0.3, 0.4) is 0 Å². The molecule has 0 bridgehead atoms. The van der Waals surface area contributed by atoms with E-state index in [9.17, 15) is 14.9 Å². The molecule has 1 saturated carbocycles. The molecular weight excluding hydrogens is 324 g/mol. The fourth-order valence-corrected chi connectivity index (χ4v) is 3.26. The van der Waals surface area contributed by atoms with Crippen molar-refractivity contribution in [2.75, 3.05) is 18.4 Å². The lowest BCUT2D eigenvalue weighted by Gasteiger charge is -2.42. The summed E-state index contributed by atoms with van der Waals surface area (Å²) in [7, 11) is 0. The molecule has 1 aromatic heterocycles. The van der Waals surface area contributed by atoms with Gasteiger partial charge in [0, 0.05) is 35.8 Å². The number of anilines is 1. The van der Waals surface area contributed by atoms with Gasteiger partial charge in [0.25, 0.3) is 5.69 Å². The van der Waals surface area contributed by atoms with Crippen molar-refractivity contribution in [1.82, 2.24) is 9.88 Å². The Morgan fingerprint density at radius 2 is 2.20 bits per heavy atom. The van der Waals surface area contributed by atoms with Crippen LogP contribution in [-0.4, -0.2) is 51.1 Å². The molecule has 132 valence electrons. The third-order valence-corrected chi connectivity index (χ3v) is 4.67. The van der Waals surface area contributed by atoms with Gasteiger partial charge in [-0.25, -0.2) is 4.98 Å². The second kappa shape index (κ2) is 7.02. The van der Waals surface area contributed by atoms with E-state index >= 15 is 0 Å². The Morgan fingerprint density at radius 1 is 1.44 bits per heavy atom. The van der Waals surface area contributed by atoms with Crippen LogP contribution in [0.2, 0.25) is 0 Å². The van der Waals surface area contributed by atoms with Gasteiger partial charge < -0.3 is 10.4 Å². The first-order valence-electron chi connectivity index (χ1n) is 8.23. The molecule has 1 aliphatic rings. The first-order chi connectivity index (χ1) is 12.0. The molecule has 0 atom stereocenters. The van der Waals surface area contributed by atoms with Gasteiger partial charge in [-0.3, -0.25) is 19.8 Å². The second-order valence-electron chi connectivity index (χ2n) is 6.25. The van der Waals surface area contributed by atoms with Crippen molar-refractivity contribution in [3.8, 4) is 0 Å². The van der Waals surface area contributed by atoms with Gasteiger partial charge in [0.05, 0.1) is 11.5 Å².